The summed E-state index contributed by atoms with van der Waals surface area (Å²) in [7, 11) is 2.00. The molecule has 8 nitrogen and oxygen atoms in total. The van der Waals surface area contributed by atoms with Crippen LogP contribution < -0.4 is 5.32 Å². The molecule has 2 fully saturated rings. The van der Waals surface area contributed by atoms with Crippen LogP contribution in [-0.2, 0) is 24.8 Å². The smallest absolute Gasteiger partial charge is 0.194 e. The van der Waals surface area contributed by atoms with Gasteiger partial charge in [0.2, 0.25) is 0 Å². The monoisotopic (exact) mass is 439 g/mol. The summed E-state index contributed by atoms with van der Waals surface area (Å²) in [5.41, 5.74) is 1.42. The van der Waals surface area contributed by atoms with Gasteiger partial charge in [0.1, 0.15) is 12.4 Å². The number of aryl methyl sites for hydroxylation is 1. The van der Waals surface area contributed by atoms with Crippen LogP contribution >= 0.6 is 0 Å². The van der Waals surface area contributed by atoms with Crippen molar-refractivity contribution >= 4 is 5.96 Å². The first-order chi connectivity index (χ1) is 15.7. The van der Waals surface area contributed by atoms with Gasteiger partial charge < -0.3 is 19.5 Å². The number of nitrogens with one attached hydrogen (secondary N) is 1. The van der Waals surface area contributed by atoms with E-state index < -0.39 is 0 Å². The van der Waals surface area contributed by atoms with E-state index in [4.69, 9.17) is 9.73 Å². The summed E-state index contributed by atoms with van der Waals surface area (Å²) < 4.78 is 7.47. The Morgan fingerprint density at radius 3 is 2.72 bits per heavy atom. The summed E-state index contributed by atoms with van der Waals surface area (Å²) in [6, 6.07) is 10.8. The van der Waals surface area contributed by atoms with Crippen molar-refractivity contribution in [3.8, 4) is 0 Å². The highest BCUT2D eigenvalue weighted by Crippen LogP contribution is 2.21. The molecule has 0 bridgehead atoms. The Morgan fingerprint density at radius 1 is 1.16 bits per heavy atom. The fourth-order valence-corrected chi connectivity index (χ4v) is 4.47. The highest BCUT2D eigenvalue weighted by Gasteiger charge is 2.25. The Morgan fingerprint density at radius 2 is 1.97 bits per heavy atom. The van der Waals surface area contributed by atoms with Gasteiger partial charge in [0.15, 0.2) is 11.8 Å². The maximum atomic E-state index is 5.45. The second kappa shape index (κ2) is 11.4. The minimum Gasteiger partial charge on any atom is -0.379 e. The average molecular weight is 440 g/mol. The lowest BCUT2D eigenvalue weighted by molar-refractivity contribution is 0.0375. The zero-order valence-electron chi connectivity index (χ0n) is 19.5. The van der Waals surface area contributed by atoms with Gasteiger partial charge in [-0.3, -0.25) is 4.90 Å². The van der Waals surface area contributed by atoms with Gasteiger partial charge >= 0.3 is 0 Å². The molecule has 3 heterocycles. The average Bonchev–Trinajstić information content (AvgIpc) is 3.41. The number of guanidine groups is 1. The van der Waals surface area contributed by atoms with Crippen molar-refractivity contribution in [1.29, 1.82) is 0 Å². The van der Waals surface area contributed by atoms with E-state index >= 15 is 0 Å². The molecule has 2 aliphatic rings. The molecule has 1 aromatic carbocycles. The molecule has 1 atom stereocenters. The molecule has 0 spiro atoms. The Balaban J connectivity index is 1.34. The third-order valence-corrected chi connectivity index (χ3v) is 6.54. The standard InChI is InChI=1S/C24H37N7O/c1-20-27-28-23(29(20)2)18-26-24(25-10-6-11-30-13-15-32-16-14-30)31-12-9-22(19-31)17-21-7-4-3-5-8-21/h3-5,7-8,22H,6,9-19H2,1-2H3,(H,25,26). The Labute approximate surface area is 191 Å². The summed E-state index contributed by atoms with van der Waals surface area (Å²) in [6.07, 6.45) is 3.43. The van der Waals surface area contributed by atoms with Crippen molar-refractivity contribution in [2.75, 3.05) is 52.5 Å². The number of rotatable bonds is 8. The fraction of sp³-hybridized carbons (Fsp3) is 0.625. The van der Waals surface area contributed by atoms with Crippen LogP contribution in [0, 0.1) is 12.8 Å². The van der Waals surface area contributed by atoms with E-state index in [-0.39, 0.29) is 0 Å². The lowest BCUT2D eigenvalue weighted by atomic mass is 9.99. The molecule has 4 rings (SSSR count). The zero-order chi connectivity index (χ0) is 22.2. The van der Waals surface area contributed by atoms with Crippen LogP contribution in [0.4, 0.5) is 0 Å². The van der Waals surface area contributed by atoms with Gasteiger partial charge in [-0.25, -0.2) is 4.99 Å². The van der Waals surface area contributed by atoms with E-state index in [0.717, 1.165) is 82.9 Å². The van der Waals surface area contributed by atoms with Crippen LogP contribution in [-0.4, -0.2) is 83.0 Å². The lowest BCUT2D eigenvalue weighted by Crippen LogP contribution is -2.42. The summed E-state index contributed by atoms with van der Waals surface area (Å²) >= 11 is 0. The molecular formula is C24H37N7O. The number of aromatic nitrogens is 3. The predicted molar refractivity (Wildman–Crippen MR) is 127 cm³/mol. The Bertz CT molecular complexity index is 860. The molecule has 2 saturated heterocycles. The Hall–Kier alpha value is -2.45. The predicted octanol–water partition coefficient (Wildman–Crippen LogP) is 1.86. The molecule has 8 heteroatoms. The van der Waals surface area contributed by atoms with Gasteiger partial charge in [-0.15, -0.1) is 10.2 Å². The largest absolute Gasteiger partial charge is 0.379 e. The van der Waals surface area contributed by atoms with Crippen LogP contribution in [0.2, 0.25) is 0 Å². The van der Waals surface area contributed by atoms with Crippen molar-refractivity contribution < 1.29 is 4.74 Å². The van der Waals surface area contributed by atoms with Crippen molar-refractivity contribution in [2.45, 2.75) is 32.7 Å². The van der Waals surface area contributed by atoms with Gasteiger partial charge in [-0.05, 0) is 44.2 Å². The van der Waals surface area contributed by atoms with Gasteiger partial charge in [0.25, 0.3) is 0 Å². The first-order valence-corrected chi connectivity index (χ1v) is 11.9. The maximum Gasteiger partial charge on any atom is 0.194 e. The molecule has 174 valence electrons. The van der Waals surface area contributed by atoms with E-state index in [1.807, 2.05) is 18.5 Å². The van der Waals surface area contributed by atoms with E-state index in [1.54, 1.807) is 0 Å². The lowest BCUT2D eigenvalue weighted by Gasteiger charge is -2.27. The van der Waals surface area contributed by atoms with Crippen molar-refractivity contribution in [3.63, 3.8) is 0 Å². The number of hydrogen-bond acceptors (Lipinski definition) is 5. The van der Waals surface area contributed by atoms with Gasteiger partial charge in [-0.1, -0.05) is 30.3 Å². The first-order valence-electron chi connectivity index (χ1n) is 11.9. The third-order valence-electron chi connectivity index (χ3n) is 6.54. The van der Waals surface area contributed by atoms with Crippen molar-refractivity contribution in [2.24, 2.45) is 18.0 Å². The molecule has 0 aliphatic carbocycles. The number of morpholine rings is 1. The molecule has 1 unspecified atom stereocenters. The summed E-state index contributed by atoms with van der Waals surface area (Å²) in [6.45, 7) is 10.4. The van der Waals surface area contributed by atoms with E-state index in [0.29, 0.717) is 12.5 Å². The number of nitrogens with zero attached hydrogens (tertiary/aromatic N) is 6. The minimum absolute atomic E-state index is 0.545. The molecule has 1 N–H and O–H groups in total. The van der Waals surface area contributed by atoms with Gasteiger partial charge in [0, 0.05) is 39.8 Å². The molecule has 0 saturated carbocycles. The Kier molecular flexibility index (Phi) is 8.12. The number of aliphatic imine (C=N–C) groups is 1. The number of benzene rings is 1. The molecule has 0 radical (unpaired) electrons. The maximum absolute atomic E-state index is 5.45. The van der Waals surface area contributed by atoms with Gasteiger partial charge in [-0.2, -0.15) is 0 Å². The van der Waals surface area contributed by atoms with E-state index in [9.17, 15) is 0 Å². The number of ether oxygens (including phenoxy) is 1. The van der Waals surface area contributed by atoms with E-state index in [1.165, 1.54) is 12.0 Å². The van der Waals surface area contributed by atoms with E-state index in [2.05, 4.69) is 55.6 Å². The zero-order valence-corrected chi connectivity index (χ0v) is 19.5. The van der Waals surface area contributed by atoms with Crippen molar-refractivity contribution in [3.05, 3.63) is 47.5 Å². The summed E-state index contributed by atoms with van der Waals surface area (Å²) in [5, 5.41) is 12.1. The van der Waals surface area contributed by atoms with Gasteiger partial charge in [0.05, 0.1) is 13.2 Å². The number of hydrogen-bond donors (Lipinski definition) is 1. The SMILES string of the molecule is Cc1nnc(CN=C(NCCCN2CCOCC2)N2CCC(Cc3ccccc3)C2)n1C. The highest BCUT2D eigenvalue weighted by atomic mass is 16.5. The molecule has 1 aromatic heterocycles. The fourth-order valence-electron chi connectivity index (χ4n) is 4.47. The topological polar surface area (TPSA) is 70.8 Å². The van der Waals surface area contributed by atoms with Crippen LogP contribution in [0.1, 0.15) is 30.1 Å². The van der Waals surface area contributed by atoms with Crippen molar-refractivity contribution in [1.82, 2.24) is 29.9 Å². The normalized spacial score (nSPS) is 20.1. The number of likely N-dealkylation sites (tertiary alicyclic amines) is 1. The molecule has 2 aromatic rings. The summed E-state index contributed by atoms with van der Waals surface area (Å²) in [4.78, 5) is 9.85. The quantitative estimate of drug-likeness (QED) is 0.385. The second-order valence-electron chi connectivity index (χ2n) is 8.89. The summed E-state index contributed by atoms with van der Waals surface area (Å²) in [5.74, 6) is 3.48. The van der Waals surface area contributed by atoms with Crippen LogP contribution in [0.25, 0.3) is 0 Å². The first kappa shape index (κ1) is 22.7. The molecule has 32 heavy (non-hydrogen) atoms. The van der Waals surface area contributed by atoms with Crippen LogP contribution in [0.5, 0.6) is 0 Å². The molecule has 2 aliphatic heterocycles. The third kappa shape index (κ3) is 6.29. The highest BCUT2D eigenvalue weighted by molar-refractivity contribution is 5.80. The minimum atomic E-state index is 0.545. The molecule has 0 amide bonds. The molecular weight excluding hydrogens is 402 g/mol. The van der Waals surface area contributed by atoms with Crippen LogP contribution in [0.3, 0.4) is 0 Å². The van der Waals surface area contributed by atoms with Crippen LogP contribution in [0.15, 0.2) is 35.3 Å². The second-order valence-corrected chi connectivity index (χ2v) is 8.89.